The number of carbonyl (C=O) groups excluding carboxylic acids is 2. The van der Waals surface area contributed by atoms with Crippen LogP contribution in [0.4, 0.5) is 0 Å². The van der Waals surface area contributed by atoms with Gasteiger partial charge in [-0.15, -0.1) is 10.2 Å². The molecular formula is C32H35ClN6O4Si. The van der Waals surface area contributed by atoms with E-state index in [1.165, 1.54) is 0 Å². The highest BCUT2D eigenvalue weighted by Gasteiger charge is 2.31. The first kappa shape index (κ1) is 31.1. The summed E-state index contributed by atoms with van der Waals surface area (Å²) in [6.07, 6.45) is 0.0447. The van der Waals surface area contributed by atoms with Gasteiger partial charge in [0.25, 0.3) is 5.91 Å². The van der Waals surface area contributed by atoms with Crippen molar-refractivity contribution in [1.82, 2.24) is 25.0 Å². The van der Waals surface area contributed by atoms with E-state index in [0.717, 1.165) is 22.0 Å². The summed E-state index contributed by atoms with van der Waals surface area (Å²) >= 11 is 6.19. The van der Waals surface area contributed by atoms with Crippen LogP contribution in [0.25, 0.3) is 5.69 Å². The number of nitrogens with zero attached hydrogens (tertiary/aromatic N) is 5. The van der Waals surface area contributed by atoms with Gasteiger partial charge in [-0.2, -0.15) is 0 Å². The number of aryl methyl sites for hydroxylation is 1. The highest BCUT2D eigenvalue weighted by molar-refractivity contribution is 6.83. The number of ether oxygens (including phenoxy) is 1. The van der Waals surface area contributed by atoms with Gasteiger partial charge in [0.05, 0.1) is 24.9 Å². The number of carbonyl (C=O) groups is 2. The SMILES string of the molecule is COc1ccc2c(c1)C(c1ccc(Cl)cc1)=NC(CC(=O)N(C)CCNC(=O)c1cccc([Si](C)(C)O)c1)c1nnc(C)n1-2. The maximum Gasteiger partial charge on any atom is 0.251 e. The molecule has 228 valence electrons. The van der Waals surface area contributed by atoms with Gasteiger partial charge in [0.1, 0.15) is 17.6 Å². The molecule has 0 saturated carbocycles. The molecule has 1 aliphatic rings. The van der Waals surface area contributed by atoms with Gasteiger partial charge in [0.15, 0.2) is 5.82 Å². The van der Waals surface area contributed by atoms with E-state index < -0.39 is 14.4 Å². The number of likely N-dealkylation sites (N-methyl/N-ethyl adjacent to an activating group) is 1. The van der Waals surface area contributed by atoms with Crippen LogP contribution in [0.15, 0.2) is 71.7 Å². The minimum Gasteiger partial charge on any atom is -0.497 e. The first-order valence-electron chi connectivity index (χ1n) is 14.3. The molecule has 1 aromatic heterocycles. The van der Waals surface area contributed by atoms with Crippen LogP contribution in [0.3, 0.4) is 0 Å². The van der Waals surface area contributed by atoms with E-state index in [2.05, 4.69) is 15.5 Å². The fraction of sp³-hybridized carbons (Fsp3) is 0.281. The van der Waals surface area contributed by atoms with E-state index >= 15 is 0 Å². The Balaban J connectivity index is 1.37. The number of hydrogen-bond acceptors (Lipinski definition) is 7. The van der Waals surface area contributed by atoms with Gasteiger partial charge in [-0.3, -0.25) is 19.1 Å². The average molecular weight is 631 g/mol. The van der Waals surface area contributed by atoms with Crippen molar-refractivity contribution in [3.63, 3.8) is 0 Å². The second kappa shape index (κ2) is 12.7. The van der Waals surface area contributed by atoms with Gasteiger partial charge in [-0.05, 0) is 67.7 Å². The van der Waals surface area contributed by atoms with Crippen LogP contribution in [0.5, 0.6) is 5.75 Å². The molecule has 4 aromatic rings. The molecule has 1 atom stereocenters. The van der Waals surface area contributed by atoms with E-state index in [4.69, 9.17) is 21.3 Å². The van der Waals surface area contributed by atoms with Crippen LogP contribution in [0, 0.1) is 6.92 Å². The monoisotopic (exact) mass is 630 g/mol. The van der Waals surface area contributed by atoms with Gasteiger partial charge < -0.3 is 19.7 Å². The van der Waals surface area contributed by atoms with Crippen molar-refractivity contribution >= 4 is 42.6 Å². The Kier molecular flexibility index (Phi) is 9.00. The van der Waals surface area contributed by atoms with E-state index in [1.54, 1.807) is 62.5 Å². The van der Waals surface area contributed by atoms with Crippen LogP contribution < -0.4 is 15.2 Å². The zero-order chi connectivity index (χ0) is 31.6. The van der Waals surface area contributed by atoms with Crippen molar-refractivity contribution in [2.75, 3.05) is 27.2 Å². The van der Waals surface area contributed by atoms with E-state index in [9.17, 15) is 14.4 Å². The molecule has 0 fully saturated rings. The Morgan fingerprint density at radius 2 is 1.84 bits per heavy atom. The number of aromatic nitrogens is 3. The van der Waals surface area contributed by atoms with Gasteiger partial charge in [0, 0.05) is 41.9 Å². The summed E-state index contributed by atoms with van der Waals surface area (Å²) in [5.74, 6) is 1.48. The molecule has 0 spiro atoms. The smallest absolute Gasteiger partial charge is 0.251 e. The van der Waals surface area contributed by atoms with Gasteiger partial charge in [-0.25, -0.2) is 0 Å². The number of benzene rings is 3. The Bertz CT molecular complexity index is 1730. The quantitative estimate of drug-likeness (QED) is 0.271. The standard InChI is InChI=1S/C32H35ClN6O4Si/c1-20-36-37-31-27(19-29(40)38(2)16-15-34-32(41)22-7-6-8-25(17-22)44(4,5)42)35-30(21-9-11-23(33)12-10-21)26-18-24(43-3)13-14-28(26)39(20)31/h6-14,17-18,27,42H,15-16,19H2,1-5H3,(H,34,41). The summed E-state index contributed by atoms with van der Waals surface area (Å²) in [6.45, 7) is 6.04. The predicted molar refractivity (Wildman–Crippen MR) is 173 cm³/mol. The number of rotatable bonds is 9. The average Bonchev–Trinajstić information content (AvgIpc) is 3.33. The lowest BCUT2D eigenvalue weighted by molar-refractivity contribution is -0.130. The van der Waals surface area contributed by atoms with Crippen molar-refractivity contribution in [1.29, 1.82) is 0 Å². The second-order valence-corrected chi connectivity index (χ2v) is 15.4. The minimum atomic E-state index is -2.55. The Hall–Kier alpha value is -4.32. The molecule has 10 nitrogen and oxygen atoms in total. The molecule has 1 aliphatic heterocycles. The maximum atomic E-state index is 13.5. The minimum absolute atomic E-state index is 0.0447. The zero-order valence-electron chi connectivity index (χ0n) is 25.3. The van der Waals surface area contributed by atoms with E-state index in [-0.39, 0.29) is 24.8 Å². The third kappa shape index (κ3) is 6.59. The van der Waals surface area contributed by atoms with Crippen LogP contribution in [0.2, 0.25) is 18.1 Å². The molecule has 12 heteroatoms. The predicted octanol–water partition coefficient (Wildman–Crippen LogP) is 3.81. The second-order valence-electron chi connectivity index (χ2n) is 11.2. The van der Waals surface area contributed by atoms with Crippen molar-refractivity contribution in [3.05, 3.63) is 100 Å². The van der Waals surface area contributed by atoms with Crippen molar-refractivity contribution in [2.45, 2.75) is 32.5 Å². The highest BCUT2D eigenvalue weighted by Crippen LogP contribution is 2.34. The van der Waals surface area contributed by atoms with E-state index in [0.29, 0.717) is 40.2 Å². The summed E-state index contributed by atoms with van der Waals surface area (Å²) in [5, 5.41) is 13.0. The lowest BCUT2D eigenvalue weighted by Gasteiger charge is -2.20. The topological polar surface area (TPSA) is 122 Å². The molecule has 2 amide bonds. The summed E-state index contributed by atoms with van der Waals surface area (Å²) < 4.78 is 7.47. The lowest BCUT2D eigenvalue weighted by Crippen LogP contribution is -2.42. The fourth-order valence-corrected chi connectivity index (χ4v) is 6.24. The van der Waals surface area contributed by atoms with Crippen molar-refractivity contribution in [3.8, 4) is 11.4 Å². The van der Waals surface area contributed by atoms with Gasteiger partial charge >= 0.3 is 0 Å². The number of fused-ring (bicyclic) bond motifs is 3. The Labute approximate surface area is 262 Å². The number of hydrogen-bond donors (Lipinski definition) is 2. The molecule has 1 unspecified atom stereocenters. The van der Waals surface area contributed by atoms with Crippen molar-refractivity contribution in [2.24, 2.45) is 4.99 Å². The highest BCUT2D eigenvalue weighted by atomic mass is 35.5. The van der Waals surface area contributed by atoms with Crippen LogP contribution in [-0.4, -0.2) is 77.6 Å². The number of aliphatic imine (C=N–C) groups is 1. The largest absolute Gasteiger partial charge is 0.497 e. The first-order valence-corrected chi connectivity index (χ1v) is 17.6. The molecule has 0 aliphatic carbocycles. The van der Waals surface area contributed by atoms with Crippen LogP contribution in [-0.2, 0) is 4.79 Å². The van der Waals surface area contributed by atoms with Crippen LogP contribution in [0.1, 0.15) is 45.6 Å². The Morgan fingerprint density at radius 1 is 1.09 bits per heavy atom. The molecule has 44 heavy (non-hydrogen) atoms. The van der Waals surface area contributed by atoms with Gasteiger partial charge in [-0.1, -0.05) is 35.9 Å². The van der Waals surface area contributed by atoms with Gasteiger partial charge in [0.2, 0.25) is 14.2 Å². The van der Waals surface area contributed by atoms with Crippen LogP contribution >= 0.6 is 11.6 Å². The normalized spacial score (nSPS) is 14.2. The summed E-state index contributed by atoms with van der Waals surface area (Å²) in [6, 6.07) is 19.6. The Morgan fingerprint density at radius 3 is 2.55 bits per heavy atom. The molecule has 2 N–H and O–H groups in total. The first-order chi connectivity index (χ1) is 21.0. The molecule has 0 radical (unpaired) electrons. The molecule has 2 heterocycles. The number of methoxy groups -OCH3 is 1. The summed E-state index contributed by atoms with van der Waals surface area (Å²) in [4.78, 5) is 43.4. The van der Waals surface area contributed by atoms with Crippen molar-refractivity contribution < 1.29 is 19.1 Å². The zero-order valence-corrected chi connectivity index (χ0v) is 27.1. The number of halogens is 1. The number of amides is 2. The third-order valence-electron chi connectivity index (χ3n) is 7.61. The fourth-order valence-electron chi connectivity index (χ4n) is 5.10. The molecule has 0 bridgehead atoms. The summed E-state index contributed by atoms with van der Waals surface area (Å²) in [5.41, 5.74) is 3.65. The molecule has 5 rings (SSSR count). The molecular weight excluding hydrogens is 596 g/mol. The van der Waals surface area contributed by atoms with E-state index in [1.807, 2.05) is 47.9 Å². The lowest BCUT2D eigenvalue weighted by atomic mass is 10.00. The molecule has 3 aromatic carbocycles. The number of nitrogens with one attached hydrogen (secondary N) is 1. The maximum absolute atomic E-state index is 13.5. The summed E-state index contributed by atoms with van der Waals surface area (Å²) in [7, 11) is 0.767. The third-order valence-corrected chi connectivity index (χ3v) is 9.58. The molecule has 0 saturated heterocycles.